The predicted octanol–water partition coefficient (Wildman–Crippen LogP) is 3.52. The average molecular weight is 363 g/mol. The van der Waals surface area contributed by atoms with Crippen LogP contribution in [0.5, 0.6) is 0 Å². The van der Waals surface area contributed by atoms with Crippen LogP contribution in [0.2, 0.25) is 0 Å². The van der Waals surface area contributed by atoms with Gasteiger partial charge in [0.15, 0.2) is 0 Å². The summed E-state index contributed by atoms with van der Waals surface area (Å²) in [6.45, 7) is 0. The lowest BCUT2D eigenvalue weighted by atomic mass is 9.94. The lowest BCUT2D eigenvalue weighted by Gasteiger charge is -2.22. The van der Waals surface area contributed by atoms with Crippen LogP contribution in [-0.4, -0.2) is 28.0 Å². The molecule has 0 atom stereocenters. The first-order valence-electron chi connectivity index (χ1n) is 7.86. The molecular weight excluding hydrogens is 353 g/mol. The second kappa shape index (κ2) is 6.10. The molecule has 1 heterocycles. The van der Waals surface area contributed by atoms with Crippen molar-refractivity contribution in [3.8, 4) is 0 Å². The summed E-state index contributed by atoms with van der Waals surface area (Å²) in [5.74, 6) is -1.78. The molecule has 3 aromatic rings. The molecule has 1 aliphatic heterocycles. The standard InChI is InChI=1S/C19H10FN3O4/c20-12-6-4-11(5-7-12)10-21-22-18(24)14-3-1-2-13-16(23(26)27)9-8-15(17(13)14)19(22)25/h1-10H/b21-10-. The fourth-order valence-corrected chi connectivity index (χ4v) is 3.01. The first-order valence-corrected chi connectivity index (χ1v) is 7.86. The van der Waals surface area contributed by atoms with Crippen molar-refractivity contribution in [2.24, 2.45) is 5.10 Å². The first-order chi connectivity index (χ1) is 13.0. The quantitative estimate of drug-likeness (QED) is 0.308. The minimum absolute atomic E-state index is 0.155. The van der Waals surface area contributed by atoms with Crippen LogP contribution in [0.4, 0.5) is 10.1 Å². The fourth-order valence-electron chi connectivity index (χ4n) is 3.01. The van der Waals surface area contributed by atoms with Crippen molar-refractivity contribution in [1.82, 2.24) is 5.01 Å². The van der Waals surface area contributed by atoms with Gasteiger partial charge in [0.25, 0.3) is 17.5 Å². The number of imide groups is 1. The van der Waals surface area contributed by atoms with Gasteiger partial charge in [0.1, 0.15) is 5.82 Å². The van der Waals surface area contributed by atoms with Crippen molar-refractivity contribution in [1.29, 1.82) is 0 Å². The molecular formula is C19H10FN3O4. The maximum atomic E-state index is 13.0. The smallest absolute Gasteiger partial charge is 0.267 e. The Morgan fingerprint density at radius 2 is 1.63 bits per heavy atom. The third-order valence-corrected chi connectivity index (χ3v) is 4.25. The number of hydrazone groups is 1. The molecule has 132 valence electrons. The number of nitro groups is 1. The number of benzene rings is 3. The Hall–Kier alpha value is -3.94. The van der Waals surface area contributed by atoms with Gasteiger partial charge in [0.2, 0.25) is 0 Å². The molecule has 4 rings (SSSR count). The molecule has 8 heteroatoms. The Morgan fingerprint density at radius 3 is 2.30 bits per heavy atom. The van der Waals surface area contributed by atoms with Crippen molar-refractivity contribution < 1.29 is 18.9 Å². The van der Waals surface area contributed by atoms with Crippen molar-refractivity contribution in [3.63, 3.8) is 0 Å². The summed E-state index contributed by atoms with van der Waals surface area (Å²) in [6.07, 6.45) is 1.27. The lowest BCUT2D eigenvalue weighted by Crippen LogP contribution is -2.36. The van der Waals surface area contributed by atoms with Crippen LogP contribution in [0.15, 0.2) is 59.7 Å². The number of rotatable bonds is 3. The van der Waals surface area contributed by atoms with E-state index >= 15 is 0 Å². The Balaban J connectivity index is 1.82. The van der Waals surface area contributed by atoms with E-state index < -0.39 is 22.6 Å². The highest BCUT2D eigenvalue weighted by Crippen LogP contribution is 2.35. The van der Waals surface area contributed by atoms with Gasteiger partial charge < -0.3 is 0 Å². The van der Waals surface area contributed by atoms with Crippen LogP contribution < -0.4 is 0 Å². The van der Waals surface area contributed by atoms with Crippen LogP contribution in [-0.2, 0) is 0 Å². The van der Waals surface area contributed by atoms with Gasteiger partial charge >= 0.3 is 0 Å². The minimum Gasteiger partial charge on any atom is -0.267 e. The van der Waals surface area contributed by atoms with Gasteiger partial charge in [-0.1, -0.05) is 18.2 Å². The number of halogens is 1. The normalized spacial score (nSPS) is 13.6. The van der Waals surface area contributed by atoms with Crippen LogP contribution in [0.3, 0.4) is 0 Å². The van der Waals surface area contributed by atoms with Crippen LogP contribution in [0.25, 0.3) is 10.8 Å². The summed E-state index contributed by atoms with van der Waals surface area (Å²) in [7, 11) is 0. The number of non-ortho nitro benzene ring substituents is 1. The van der Waals surface area contributed by atoms with Gasteiger partial charge in [-0.15, -0.1) is 0 Å². The van der Waals surface area contributed by atoms with E-state index in [4.69, 9.17) is 0 Å². The van der Waals surface area contributed by atoms with Crippen molar-refractivity contribution >= 4 is 34.5 Å². The molecule has 0 aromatic heterocycles. The molecule has 0 saturated heterocycles. The van der Waals surface area contributed by atoms with Gasteiger partial charge in [0.05, 0.1) is 27.7 Å². The zero-order valence-electron chi connectivity index (χ0n) is 13.6. The van der Waals surface area contributed by atoms with Gasteiger partial charge in [-0.2, -0.15) is 10.1 Å². The highest BCUT2D eigenvalue weighted by Gasteiger charge is 2.34. The lowest BCUT2D eigenvalue weighted by molar-refractivity contribution is -0.383. The monoisotopic (exact) mass is 363 g/mol. The molecule has 0 unspecified atom stereocenters. The van der Waals surface area contributed by atoms with E-state index in [1.807, 2.05) is 0 Å². The molecule has 27 heavy (non-hydrogen) atoms. The largest absolute Gasteiger partial charge is 0.282 e. The second-order valence-corrected chi connectivity index (χ2v) is 5.84. The summed E-state index contributed by atoms with van der Waals surface area (Å²) in [4.78, 5) is 36.1. The van der Waals surface area contributed by atoms with Crippen molar-refractivity contribution in [3.05, 3.63) is 87.2 Å². The summed E-state index contributed by atoms with van der Waals surface area (Å²) in [5, 5.41) is 16.3. The van der Waals surface area contributed by atoms with E-state index in [1.54, 1.807) is 0 Å². The third kappa shape index (κ3) is 2.63. The summed E-state index contributed by atoms with van der Waals surface area (Å²) >= 11 is 0. The Kier molecular flexibility index (Phi) is 3.73. The van der Waals surface area contributed by atoms with Crippen molar-refractivity contribution in [2.45, 2.75) is 0 Å². The molecule has 0 fully saturated rings. The average Bonchev–Trinajstić information content (AvgIpc) is 2.66. The molecule has 2 amide bonds. The zero-order valence-corrected chi connectivity index (χ0v) is 13.6. The van der Waals surface area contributed by atoms with Crippen LogP contribution in [0.1, 0.15) is 26.3 Å². The predicted molar refractivity (Wildman–Crippen MR) is 95.1 cm³/mol. The van der Waals surface area contributed by atoms with E-state index in [9.17, 15) is 24.1 Å². The third-order valence-electron chi connectivity index (χ3n) is 4.25. The highest BCUT2D eigenvalue weighted by molar-refractivity contribution is 6.26. The highest BCUT2D eigenvalue weighted by atomic mass is 19.1. The van der Waals surface area contributed by atoms with E-state index in [-0.39, 0.29) is 27.6 Å². The maximum Gasteiger partial charge on any atom is 0.282 e. The Bertz CT molecular complexity index is 1130. The van der Waals surface area contributed by atoms with Gasteiger partial charge in [-0.3, -0.25) is 19.7 Å². The maximum absolute atomic E-state index is 13.0. The Labute approximate surface area is 151 Å². The van der Waals surface area contributed by atoms with E-state index in [0.717, 1.165) is 0 Å². The Morgan fingerprint density at radius 1 is 0.963 bits per heavy atom. The molecule has 0 saturated carbocycles. The van der Waals surface area contributed by atoms with Crippen molar-refractivity contribution in [2.75, 3.05) is 0 Å². The molecule has 0 radical (unpaired) electrons. The number of hydrogen-bond acceptors (Lipinski definition) is 5. The number of nitrogens with zero attached hydrogens (tertiary/aromatic N) is 3. The first kappa shape index (κ1) is 16.5. The van der Waals surface area contributed by atoms with Crippen LogP contribution in [0, 0.1) is 15.9 Å². The minimum atomic E-state index is -0.683. The van der Waals surface area contributed by atoms with E-state index in [2.05, 4.69) is 5.10 Å². The fraction of sp³-hybridized carbons (Fsp3) is 0. The van der Waals surface area contributed by atoms with Gasteiger partial charge in [-0.25, -0.2) is 4.39 Å². The topological polar surface area (TPSA) is 92.9 Å². The van der Waals surface area contributed by atoms with E-state index in [1.165, 1.54) is 60.8 Å². The van der Waals surface area contributed by atoms with E-state index in [0.29, 0.717) is 10.6 Å². The van der Waals surface area contributed by atoms with Crippen LogP contribution >= 0.6 is 0 Å². The summed E-state index contributed by atoms with van der Waals surface area (Å²) in [6, 6.07) is 12.4. The van der Waals surface area contributed by atoms with Gasteiger partial charge in [0, 0.05) is 11.5 Å². The second-order valence-electron chi connectivity index (χ2n) is 5.84. The summed E-state index contributed by atoms with van der Waals surface area (Å²) < 4.78 is 13.0. The molecule has 0 N–H and O–H groups in total. The molecule has 0 bridgehead atoms. The molecule has 7 nitrogen and oxygen atoms in total. The summed E-state index contributed by atoms with van der Waals surface area (Å²) in [5.41, 5.74) is 0.633. The molecule has 3 aromatic carbocycles. The SMILES string of the molecule is O=C1c2cccc3c([N+](=O)[O-])ccc(c23)C(=O)N1/N=C\c1ccc(F)cc1. The number of carbonyl (C=O) groups excluding carboxylic acids is 2. The number of nitro benzene ring substituents is 1. The molecule has 0 aliphatic carbocycles. The molecule has 0 spiro atoms. The number of amides is 2. The zero-order chi connectivity index (χ0) is 19.1. The number of hydrogen-bond donors (Lipinski definition) is 0. The number of carbonyl (C=O) groups is 2. The molecule has 1 aliphatic rings. The van der Waals surface area contributed by atoms with Gasteiger partial charge in [-0.05, 0) is 35.9 Å².